The molecule has 0 aromatic carbocycles. The number of likely N-dealkylation sites (tertiary alicyclic amines) is 1. The van der Waals surface area contributed by atoms with Gasteiger partial charge in [0.2, 0.25) is 17.7 Å². The van der Waals surface area contributed by atoms with Crippen molar-refractivity contribution in [2.45, 2.75) is 51.5 Å². The van der Waals surface area contributed by atoms with E-state index in [1.807, 2.05) is 0 Å². The Hall–Kier alpha value is -1.96. The van der Waals surface area contributed by atoms with Crippen LogP contribution in [0.5, 0.6) is 0 Å². The maximum absolute atomic E-state index is 12.5. The van der Waals surface area contributed by atoms with Gasteiger partial charge in [0.1, 0.15) is 6.29 Å². The number of hydrogen-bond donors (Lipinski definition) is 3. The largest absolute Gasteiger partial charge is 0.356 e. The molecular weight excluding hydrogens is 324 g/mol. The van der Waals surface area contributed by atoms with E-state index in [9.17, 15) is 19.2 Å². The summed E-state index contributed by atoms with van der Waals surface area (Å²) in [5, 5.41) is 8.00. The summed E-state index contributed by atoms with van der Waals surface area (Å²) in [6.07, 6.45) is 5.66. The van der Waals surface area contributed by atoms with Gasteiger partial charge in [-0.15, -0.1) is 0 Å². The lowest BCUT2D eigenvalue weighted by Crippen LogP contribution is -2.50. The molecule has 1 atom stereocenters. The molecule has 1 rings (SSSR count). The van der Waals surface area contributed by atoms with Crippen LogP contribution < -0.4 is 16.0 Å². The average molecular weight is 354 g/mol. The summed E-state index contributed by atoms with van der Waals surface area (Å²) in [6.45, 7) is 3.96. The second-order valence-electron chi connectivity index (χ2n) is 6.26. The summed E-state index contributed by atoms with van der Waals surface area (Å²) in [5.74, 6) is -0.535. The third-order valence-corrected chi connectivity index (χ3v) is 4.17. The molecule has 0 bridgehead atoms. The van der Waals surface area contributed by atoms with Gasteiger partial charge < -0.3 is 20.7 Å². The molecule has 142 valence electrons. The molecule has 1 aliphatic heterocycles. The Labute approximate surface area is 149 Å². The van der Waals surface area contributed by atoms with E-state index < -0.39 is 0 Å². The van der Waals surface area contributed by atoms with Crippen molar-refractivity contribution in [3.63, 3.8) is 0 Å². The van der Waals surface area contributed by atoms with Crippen molar-refractivity contribution >= 4 is 24.0 Å². The van der Waals surface area contributed by atoms with Gasteiger partial charge in [-0.1, -0.05) is 6.42 Å². The van der Waals surface area contributed by atoms with Crippen LogP contribution in [-0.4, -0.2) is 67.7 Å². The minimum absolute atomic E-state index is 0.0778. The van der Waals surface area contributed by atoms with Crippen LogP contribution in [0.1, 0.15) is 45.4 Å². The molecule has 1 heterocycles. The van der Waals surface area contributed by atoms with Gasteiger partial charge >= 0.3 is 0 Å². The normalized spacial score (nSPS) is 15.9. The van der Waals surface area contributed by atoms with E-state index in [4.69, 9.17) is 0 Å². The van der Waals surface area contributed by atoms with Crippen molar-refractivity contribution in [3.05, 3.63) is 0 Å². The van der Waals surface area contributed by atoms with E-state index in [1.54, 1.807) is 0 Å². The number of rotatable bonds is 11. The summed E-state index contributed by atoms with van der Waals surface area (Å²) in [4.78, 5) is 47.5. The predicted molar refractivity (Wildman–Crippen MR) is 93.8 cm³/mol. The van der Waals surface area contributed by atoms with Gasteiger partial charge in [-0.05, 0) is 38.8 Å². The van der Waals surface area contributed by atoms with Crippen molar-refractivity contribution < 1.29 is 19.2 Å². The summed E-state index contributed by atoms with van der Waals surface area (Å²) in [7, 11) is 0. The van der Waals surface area contributed by atoms with Crippen LogP contribution in [0.15, 0.2) is 0 Å². The summed E-state index contributed by atoms with van der Waals surface area (Å²) in [5.41, 5.74) is 0. The van der Waals surface area contributed by atoms with Gasteiger partial charge in [-0.3, -0.25) is 19.3 Å². The molecule has 3 amide bonds. The standard InChI is InChI=1S/C17H30N4O4/c1-14(23)18-8-5-7-15(21-10-3-2-4-11-21)17(25)20-13-16(24)19-9-6-12-22/h12,15H,2-11,13H2,1H3,(H,18,23)(H,19,24)(H,20,25). The first-order valence-corrected chi connectivity index (χ1v) is 9.01. The lowest BCUT2D eigenvalue weighted by molar-refractivity contribution is -0.130. The maximum atomic E-state index is 12.5. The third-order valence-electron chi connectivity index (χ3n) is 4.17. The zero-order valence-corrected chi connectivity index (χ0v) is 15.0. The van der Waals surface area contributed by atoms with Crippen molar-refractivity contribution in [1.82, 2.24) is 20.9 Å². The Morgan fingerprint density at radius 1 is 1.04 bits per heavy atom. The van der Waals surface area contributed by atoms with Gasteiger partial charge in [0.25, 0.3) is 0 Å². The van der Waals surface area contributed by atoms with E-state index in [1.165, 1.54) is 13.3 Å². The molecule has 0 saturated carbocycles. The van der Waals surface area contributed by atoms with Gasteiger partial charge in [-0.2, -0.15) is 0 Å². The summed E-state index contributed by atoms with van der Waals surface area (Å²) < 4.78 is 0. The van der Waals surface area contributed by atoms with Crippen molar-refractivity contribution in [1.29, 1.82) is 0 Å². The van der Waals surface area contributed by atoms with Crippen LogP contribution in [0.25, 0.3) is 0 Å². The minimum Gasteiger partial charge on any atom is -0.356 e. The Bertz CT molecular complexity index is 450. The quantitative estimate of drug-likeness (QED) is 0.345. The second-order valence-corrected chi connectivity index (χ2v) is 6.26. The first-order chi connectivity index (χ1) is 12.0. The Kier molecular flexibility index (Phi) is 10.5. The molecule has 1 saturated heterocycles. The summed E-state index contributed by atoms with van der Waals surface area (Å²) >= 11 is 0. The molecule has 25 heavy (non-hydrogen) atoms. The van der Waals surface area contributed by atoms with E-state index in [0.29, 0.717) is 19.4 Å². The molecule has 0 aromatic heterocycles. The van der Waals surface area contributed by atoms with Crippen LogP contribution in [-0.2, 0) is 19.2 Å². The molecular formula is C17H30N4O4. The van der Waals surface area contributed by atoms with E-state index in [-0.39, 0.29) is 43.3 Å². The highest BCUT2D eigenvalue weighted by molar-refractivity contribution is 5.87. The summed E-state index contributed by atoms with van der Waals surface area (Å²) in [6, 6.07) is -0.281. The molecule has 0 aliphatic carbocycles. The first kappa shape index (κ1) is 21.1. The van der Waals surface area contributed by atoms with Crippen molar-refractivity contribution in [2.24, 2.45) is 0 Å². The molecule has 0 spiro atoms. The van der Waals surface area contributed by atoms with Gasteiger partial charge in [0, 0.05) is 26.4 Å². The number of aldehydes is 1. The predicted octanol–water partition coefficient (Wildman–Crippen LogP) is -0.421. The lowest BCUT2D eigenvalue weighted by Gasteiger charge is -2.33. The molecule has 1 unspecified atom stereocenters. The zero-order valence-electron chi connectivity index (χ0n) is 15.0. The van der Waals surface area contributed by atoms with Crippen LogP contribution in [0.3, 0.4) is 0 Å². The topological polar surface area (TPSA) is 108 Å². The number of carbonyl (C=O) groups excluding carboxylic acids is 4. The smallest absolute Gasteiger partial charge is 0.239 e. The fraction of sp³-hybridized carbons (Fsp3) is 0.765. The number of piperidine rings is 1. The number of carbonyl (C=O) groups is 4. The number of hydrogen-bond acceptors (Lipinski definition) is 5. The maximum Gasteiger partial charge on any atom is 0.239 e. The van der Waals surface area contributed by atoms with Crippen molar-refractivity contribution in [3.8, 4) is 0 Å². The number of nitrogens with one attached hydrogen (secondary N) is 3. The van der Waals surface area contributed by atoms with E-state index in [0.717, 1.165) is 32.2 Å². The monoisotopic (exact) mass is 354 g/mol. The second kappa shape index (κ2) is 12.4. The highest BCUT2D eigenvalue weighted by atomic mass is 16.2. The minimum atomic E-state index is -0.300. The molecule has 0 aromatic rings. The number of amides is 3. The first-order valence-electron chi connectivity index (χ1n) is 9.01. The van der Waals surface area contributed by atoms with E-state index >= 15 is 0 Å². The van der Waals surface area contributed by atoms with Crippen LogP contribution in [0.2, 0.25) is 0 Å². The average Bonchev–Trinajstić information content (AvgIpc) is 2.60. The fourth-order valence-electron chi connectivity index (χ4n) is 2.89. The van der Waals surface area contributed by atoms with Crippen LogP contribution in [0, 0.1) is 0 Å². The van der Waals surface area contributed by atoms with Crippen LogP contribution >= 0.6 is 0 Å². The molecule has 8 heteroatoms. The highest BCUT2D eigenvalue weighted by Gasteiger charge is 2.26. The molecule has 8 nitrogen and oxygen atoms in total. The zero-order chi connectivity index (χ0) is 18.5. The van der Waals surface area contributed by atoms with Crippen molar-refractivity contribution in [2.75, 3.05) is 32.7 Å². The lowest BCUT2D eigenvalue weighted by atomic mass is 10.0. The molecule has 1 fully saturated rings. The molecule has 1 aliphatic rings. The van der Waals surface area contributed by atoms with E-state index in [2.05, 4.69) is 20.9 Å². The fourth-order valence-corrected chi connectivity index (χ4v) is 2.89. The molecule has 0 radical (unpaired) electrons. The molecule has 3 N–H and O–H groups in total. The number of nitrogens with zero attached hydrogens (tertiary/aromatic N) is 1. The van der Waals surface area contributed by atoms with Crippen LogP contribution in [0.4, 0.5) is 0 Å². The highest BCUT2D eigenvalue weighted by Crippen LogP contribution is 2.15. The van der Waals surface area contributed by atoms with Gasteiger partial charge in [0.05, 0.1) is 12.6 Å². The Morgan fingerprint density at radius 2 is 1.76 bits per heavy atom. The SMILES string of the molecule is CC(=O)NCCCC(C(=O)NCC(=O)NCCC=O)N1CCCCC1. The van der Waals surface area contributed by atoms with Gasteiger partial charge in [-0.25, -0.2) is 0 Å². The third kappa shape index (κ3) is 9.19. The Morgan fingerprint density at radius 3 is 2.40 bits per heavy atom. The van der Waals surface area contributed by atoms with Gasteiger partial charge in [0.15, 0.2) is 0 Å². The Balaban J connectivity index is 2.45.